The number of hydrogen-bond acceptors (Lipinski definition) is 2. The highest BCUT2D eigenvalue weighted by Crippen LogP contribution is 2.24. The Bertz CT molecular complexity index is 641. The molecule has 0 fully saturated rings. The highest BCUT2D eigenvalue weighted by molar-refractivity contribution is 6.42. The minimum atomic E-state index is -0.282. The van der Waals surface area contributed by atoms with Crippen molar-refractivity contribution in [3.63, 3.8) is 0 Å². The molecule has 0 saturated carbocycles. The van der Waals surface area contributed by atoms with Gasteiger partial charge in [-0.1, -0.05) is 29.3 Å². The first-order valence-corrected chi connectivity index (χ1v) is 6.35. The summed E-state index contributed by atoms with van der Waals surface area (Å²) in [4.78, 5) is 12.1. The lowest BCUT2D eigenvalue weighted by Crippen LogP contribution is -2.13. The zero-order chi connectivity index (χ0) is 14.0. The highest BCUT2D eigenvalue weighted by atomic mass is 35.5. The Hall–Kier alpha value is -1.71. The maximum absolute atomic E-state index is 12.1. The second-order valence-corrected chi connectivity index (χ2v) is 4.99. The Kier molecular flexibility index (Phi) is 3.98. The molecule has 0 bridgehead atoms. The zero-order valence-electron chi connectivity index (χ0n) is 10.2. The number of rotatable bonds is 2. The maximum atomic E-state index is 12.1. The van der Waals surface area contributed by atoms with Gasteiger partial charge in [0.25, 0.3) is 5.91 Å². The number of halogens is 2. The summed E-state index contributed by atoms with van der Waals surface area (Å²) in [6.07, 6.45) is 0. The third-order valence-corrected chi connectivity index (χ3v) is 3.38. The summed E-state index contributed by atoms with van der Waals surface area (Å²) in [5, 5.41) is 3.50. The van der Waals surface area contributed by atoms with Crippen molar-refractivity contribution in [1.82, 2.24) is 0 Å². The molecule has 2 aromatic rings. The molecular weight excluding hydrogens is 283 g/mol. The summed E-state index contributed by atoms with van der Waals surface area (Å²) in [6.45, 7) is 1.92. The van der Waals surface area contributed by atoms with E-state index in [-0.39, 0.29) is 5.91 Å². The lowest BCUT2D eigenvalue weighted by Gasteiger charge is -2.09. The van der Waals surface area contributed by atoms with Crippen molar-refractivity contribution in [1.29, 1.82) is 0 Å². The van der Waals surface area contributed by atoms with Crippen molar-refractivity contribution in [2.24, 2.45) is 0 Å². The van der Waals surface area contributed by atoms with Crippen molar-refractivity contribution in [2.45, 2.75) is 6.92 Å². The summed E-state index contributed by atoms with van der Waals surface area (Å²) in [7, 11) is 0. The van der Waals surface area contributed by atoms with Crippen LogP contribution in [0.15, 0.2) is 36.4 Å². The molecule has 3 N–H and O–H groups in total. The van der Waals surface area contributed by atoms with E-state index in [0.29, 0.717) is 27.0 Å². The Morgan fingerprint density at radius 2 is 1.84 bits per heavy atom. The summed E-state index contributed by atoms with van der Waals surface area (Å²) in [5.41, 5.74) is 8.34. The third kappa shape index (κ3) is 3.19. The van der Waals surface area contributed by atoms with E-state index in [0.717, 1.165) is 5.56 Å². The minimum absolute atomic E-state index is 0.282. The van der Waals surface area contributed by atoms with Crippen molar-refractivity contribution >= 4 is 40.5 Å². The van der Waals surface area contributed by atoms with Gasteiger partial charge in [-0.25, -0.2) is 0 Å². The molecule has 19 heavy (non-hydrogen) atoms. The average molecular weight is 295 g/mol. The number of carbonyl (C=O) groups is 1. The fourth-order valence-electron chi connectivity index (χ4n) is 1.61. The third-order valence-electron chi connectivity index (χ3n) is 2.64. The second kappa shape index (κ2) is 5.51. The van der Waals surface area contributed by atoms with Gasteiger partial charge in [0, 0.05) is 5.56 Å². The first kappa shape index (κ1) is 13.7. The van der Waals surface area contributed by atoms with Gasteiger partial charge in [-0.2, -0.15) is 0 Å². The molecule has 0 unspecified atom stereocenters. The van der Waals surface area contributed by atoms with Crippen molar-refractivity contribution < 1.29 is 4.79 Å². The average Bonchev–Trinajstić information content (AvgIpc) is 2.37. The number of carbonyl (C=O) groups excluding carboxylic acids is 1. The Labute approximate surface area is 121 Å². The molecule has 5 heteroatoms. The summed E-state index contributed by atoms with van der Waals surface area (Å²) in [6, 6.07) is 10.1. The van der Waals surface area contributed by atoms with E-state index >= 15 is 0 Å². The van der Waals surface area contributed by atoms with E-state index < -0.39 is 0 Å². The van der Waals surface area contributed by atoms with Gasteiger partial charge >= 0.3 is 0 Å². The van der Waals surface area contributed by atoms with Crippen LogP contribution in [-0.4, -0.2) is 5.91 Å². The van der Waals surface area contributed by atoms with Gasteiger partial charge in [0.15, 0.2) is 0 Å². The number of nitrogens with one attached hydrogen (secondary N) is 1. The van der Waals surface area contributed by atoms with Crippen molar-refractivity contribution in [3.8, 4) is 0 Å². The fourth-order valence-corrected chi connectivity index (χ4v) is 1.91. The Morgan fingerprint density at radius 3 is 2.53 bits per heavy atom. The van der Waals surface area contributed by atoms with E-state index in [1.807, 2.05) is 19.1 Å². The first-order chi connectivity index (χ1) is 8.97. The molecule has 0 aliphatic heterocycles. The summed E-state index contributed by atoms with van der Waals surface area (Å²) >= 11 is 11.7. The number of nitrogens with two attached hydrogens (primary N) is 1. The molecule has 0 aromatic heterocycles. The van der Waals surface area contributed by atoms with Crippen LogP contribution in [0.25, 0.3) is 0 Å². The fraction of sp³-hybridized carbons (Fsp3) is 0.0714. The number of benzene rings is 2. The van der Waals surface area contributed by atoms with E-state index in [2.05, 4.69) is 5.32 Å². The molecule has 0 aliphatic rings. The molecule has 2 aromatic carbocycles. The highest BCUT2D eigenvalue weighted by Gasteiger charge is 2.10. The number of aryl methyl sites for hydroxylation is 1. The van der Waals surface area contributed by atoms with Crippen LogP contribution in [0, 0.1) is 6.92 Å². The second-order valence-electron chi connectivity index (χ2n) is 4.17. The van der Waals surface area contributed by atoms with E-state index in [9.17, 15) is 4.79 Å². The molecule has 1 amide bonds. The van der Waals surface area contributed by atoms with Crippen LogP contribution in [0.2, 0.25) is 10.0 Å². The molecule has 0 radical (unpaired) electrons. The molecule has 0 atom stereocenters. The van der Waals surface area contributed by atoms with Crippen LogP contribution in [0.3, 0.4) is 0 Å². The lowest BCUT2D eigenvalue weighted by molar-refractivity contribution is 0.102. The molecule has 0 saturated heterocycles. The van der Waals surface area contributed by atoms with Crippen LogP contribution in [0.4, 0.5) is 11.4 Å². The van der Waals surface area contributed by atoms with Crippen LogP contribution >= 0.6 is 23.2 Å². The number of nitrogen functional groups attached to an aromatic ring is 1. The normalized spacial score (nSPS) is 10.3. The molecule has 2 rings (SSSR count). The Morgan fingerprint density at radius 1 is 1.11 bits per heavy atom. The SMILES string of the molecule is Cc1ccc(N)c(NC(=O)c2ccc(Cl)c(Cl)c2)c1. The monoisotopic (exact) mass is 294 g/mol. The van der Waals surface area contributed by atoms with Crippen LogP contribution < -0.4 is 11.1 Å². The smallest absolute Gasteiger partial charge is 0.255 e. The van der Waals surface area contributed by atoms with Gasteiger partial charge in [0.2, 0.25) is 0 Å². The number of hydrogen-bond donors (Lipinski definition) is 2. The van der Waals surface area contributed by atoms with Gasteiger partial charge in [-0.3, -0.25) is 4.79 Å². The van der Waals surface area contributed by atoms with Gasteiger partial charge in [0.05, 0.1) is 21.4 Å². The van der Waals surface area contributed by atoms with E-state index in [1.165, 1.54) is 6.07 Å². The van der Waals surface area contributed by atoms with Gasteiger partial charge in [0.1, 0.15) is 0 Å². The predicted octanol–water partition coefficient (Wildman–Crippen LogP) is 4.14. The van der Waals surface area contributed by atoms with Gasteiger partial charge in [-0.05, 0) is 42.8 Å². The van der Waals surface area contributed by atoms with Crippen LogP contribution in [0.5, 0.6) is 0 Å². The van der Waals surface area contributed by atoms with Crippen LogP contribution in [0.1, 0.15) is 15.9 Å². The standard InChI is InChI=1S/C14H12Cl2N2O/c1-8-2-5-12(17)13(6-8)18-14(19)9-3-4-10(15)11(16)7-9/h2-7H,17H2,1H3,(H,18,19). The quantitative estimate of drug-likeness (QED) is 0.818. The van der Waals surface area contributed by atoms with Gasteiger partial charge < -0.3 is 11.1 Å². The molecular formula is C14H12Cl2N2O. The van der Waals surface area contributed by atoms with Crippen LogP contribution in [-0.2, 0) is 0 Å². The lowest BCUT2D eigenvalue weighted by atomic mass is 10.1. The van der Waals surface area contributed by atoms with Gasteiger partial charge in [-0.15, -0.1) is 0 Å². The van der Waals surface area contributed by atoms with Crippen molar-refractivity contribution in [2.75, 3.05) is 11.1 Å². The van der Waals surface area contributed by atoms with E-state index in [1.54, 1.807) is 18.2 Å². The van der Waals surface area contributed by atoms with E-state index in [4.69, 9.17) is 28.9 Å². The largest absolute Gasteiger partial charge is 0.397 e. The first-order valence-electron chi connectivity index (χ1n) is 5.60. The Balaban J connectivity index is 2.25. The molecule has 0 spiro atoms. The molecule has 3 nitrogen and oxygen atoms in total. The minimum Gasteiger partial charge on any atom is -0.397 e. The number of amides is 1. The topological polar surface area (TPSA) is 55.1 Å². The number of anilines is 2. The zero-order valence-corrected chi connectivity index (χ0v) is 11.7. The predicted molar refractivity (Wildman–Crippen MR) is 80.0 cm³/mol. The molecule has 0 heterocycles. The molecule has 0 aliphatic carbocycles. The maximum Gasteiger partial charge on any atom is 0.255 e. The summed E-state index contributed by atoms with van der Waals surface area (Å²) < 4.78 is 0. The summed E-state index contributed by atoms with van der Waals surface area (Å²) in [5.74, 6) is -0.282. The molecule has 98 valence electrons. The van der Waals surface area contributed by atoms with Crippen molar-refractivity contribution in [3.05, 3.63) is 57.6 Å².